The van der Waals surface area contributed by atoms with E-state index < -0.39 is 12.3 Å². The molecule has 6 heteroatoms. The van der Waals surface area contributed by atoms with E-state index >= 15 is 0 Å². The van der Waals surface area contributed by atoms with Gasteiger partial charge in [0.05, 0.1) is 12.7 Å². The maximum atomic E-state index is 8.44. The zero-order valence-electron chi connectivity index (χ0n) is 5.94. The zero-order valence-corrected chi connectivity index (χ0v) is 9.07. The fraction of sp³-hybridized carbons (Fsp3) is 0.750. The molecule has 10 heavy (non-hydrogen) atoms. The van der Waals surface area contributed by atoms with Gasteiger partial charge in [-0.1, -0.05) is 0 Å². The van der Waals surface area contributed by atoms with E-state index in [9.17, 15) is 0 Å². The maximum Gasteiger partial charge on any atom is 1.00 e. The standard InChI is InChI=1S/C3H8O2.CH2O3.K/c1-3(5)2-4;2-1(3)4;/h3-5H,2H2,1H3;(H2,2,3,4);/q;;+1/p-1. The van der Waals surface area contributed by atoms with Crippen LogP contribution in [-0.2, 0) is 0 Å². The van der Waals surface area contributed by atoms with Crippen LogP contribution in [0, 0.1) is 0 Å². The predicted molar refractivity (Wildman–Crippen MR) is 26.8 cm³/mol. The van der Waals surface area contributed by atoms with Crippen molar-refractivity contribution in [2.75, 3.05) is 6.61 Å². The number of carboxylic acid groups (broad SMARTS) is 2. The largest absolute Gasteiger partial charge is 1.00 e. The van der Waals surface area contributed by atoms with E-state index in [0.717, 1.165) is 0 Å². The summed E-state index contributed by atoms with van der Waals surface area (Å²) in [5, 5.41) is 31.3. The summed E-state index contributed by atoms with van der Waals surface area (Å²) in [6, 6.07) is 0. The third-order valence-electron chi connectivity index (χ3n) is 0.264. The number of aliphatic hydroxyl groups excluding tert-OH is 2. The summed E-state index contributed by atoms with van der Waals surface area (Å²) in [6.07, 6.45) is -2.64. The van der Waals surface area contributed by atoms with Crippen LogP contribution in [0.2, 0.25) is 0 Å². The first-order valence-corrected chi connectivity index (χ1v) is 2.19. The normalized spacial score (nSPS) is 9.90. The van der Waals surface area contributed by atoms with Gasteiger partial charge >= 0.3 is 51.4 Å². The Morgan fingerprint density at radius 2 is 1.80 bits per heavy atom. The topological polar surface area (TPSA) is 101 Å². The Balaban J connectivity index is -0.0000000910. The van der Waals surface area contributed by atoms with Crippen molar-refractivity contribution >= 4 is 6.16 Å². The van der Waals surface area contributed by atoms with Crippen LogP contribution in [0.25, 0.3) is 0 Å². The van der Waals surface area contributed by atoms with Crippen molar-refractivity contribution in [3.05, 3.63) is 0 Å². The molecule has 56 valence electrons. The summed E-state index contributed by atoms with van der Waals surface area (Å²) in [4.78, 5) is 8.44. The summed E-state index contributed by atoms with van der Waals surface area (Å²) < 4.78 is 0. The van der Waals surface area contributed by atoms with Crippen molar-refractivity contribution in [1.82, 2.24) is 0 Å². The van der Waals surface area contributed by atoms with Gasteiger partial charge in [-0.15, -0.1) is 0 Å². The Hall–Kier alpha value is 0.826. The molecule has 0 bridgehead atoms. The molecule has 0 aromatic carbocycles. The molecule has 0 amide bonds. The Morgan fingerprint density at radius 1 is 1.70 bits per heavy atom. The quantitative estimate of drug-likeness (QED) is 0.348. The third kappa shape index (κ3) is 67.7. The molecule has 0 saturated carbocycles. The smallest absolute Gasteiger partial charge is 0.565 e. The van der Waals surface area contributed by atoms with Crippen LogP contribution in [0.15, 0.2) is 0 Å². The van der Waals surface area contributed by atoms with Gasteiger partial charge in [0.2, 0.25) is 6.16 Å². The Labute approximate surface area is 101 Å². The van der Waals surface area contributed by atoms with E-state index in [1.165, 1.54) is 6.92 Å². The summed E-state index contributed by atoms with van der Waals surface area (Å²) in [7, 11) is 0. The van der Waals surface area contributed by atoms with Gasteiger partial charge in [0.1, 0.15) is 0 Å². The maximum absolute atomic E-state index is 8.44. The van der Waals surface area contributed by atoms with E-state index in [2.05, 4.69) is 0 Å². The minimum atomic E-state index is -2.08. The third-order valence-corrected chi connectivity index (χ3v) is 0.264. The number of hydrogen-bond donors (Lipinski definition) is 3. The SMILES string of the molecule is CC(O)CO.O=C([O-])O.[K+]. The van der Waals surface area contributed by atoms with Gasteiger partial charge in [0, 0.05) is 0 Å². The van der Waals surface area contributed by atoms with Crippen molar-refractivity contribution in [2.45, 2.75) is 13.0 Å². The average Bonchev–Trinajstić information content (AvgIpc) is 1.65. The van der Waals surface area contributed by atoms with Crippen molar-refractivity contribution in [2.24, 2.45) is 0 Å². The number of hydrogen-bond acceptors (Lipinski definition) is 4. The Kier molecular flexibility index (Phi) is 21.3. The van der Waals surface area contributed by atoms with Gasteiger partial charge in [0.25, 0.3) is 0 Å². The molecular formula is C4H9KO5. The van der Waals surface area contributed by atoms with Gasteiger partial charge in [-0.05, 0) is 6.92 Å². The first kappa shape index (κ1) is 17.1. The van der Waals surface area contributed by atoms with Crippen molar-refractivity contribution < 1.29 is 76.6 Å². The molecule has 0 aromatic rings. The first-order chi connectivity index (χ1) is 4.00. The average molecular weight is 176 g/mol. The van der Waals surface area contributed by atoms with Gasteiger partial charge < -0.3 is 25.2 Å². The second-order valence-corrected chi connectivity index (χ2v) is 1.30. The van der Waals surface area contributed by atoms with E-state index in [1.807, 2.05) is 0 Å². The minimum Gasteiger partial charge on any atom is -0.565 e. The van der Waals surface area contributed by atoms with Crippen molar-refractivity contribution in [3.8, 4) is 0 Å². The van der Waals surface area contributed by atoms with E-state index in [4.69, 9.17) is 25.2 Å². The molecule has 0 aliphatic heterocycles. The number of carbonyl (C=O) groups is 1. The Bertz CT molecular complexity index is 70.0. The molecule has 0 aliphatic rings. The monoisotopic (exact) mass is 176 g/mol. The molecule has 0 aromatic heterocycles. The van der Waals surface area contributed by atoms with Gasteiger partial charge in [0.15, 0.2) is 0 Å². The second-order valence-electron chi connectivity index (χ2n) is 1.30. The first-order valence-electron chi connectivity index (χ1n) is 2.19. The number of rotatable bonds is 1. The van der Waals surface area contributed by atoms with Crippen LogP contribution in [0.5, 0.6) is 0 Å². The summed E-state index contributed by atoms with van der Waals surface area (Å²) in [6.45, 7) is 1.39. The minimum absolute atomic E-state index is 0. The molecule has 0 saturated heterocycles. The Morgan fingerprint density at radius 3 is 1.80 bits per heavy atom. The second kappa shape index (κ2) is 12.5. The van der Waals surface area contributed by atoms with Crippen LogP contribution in [0.4, 0.5) is 4.79 Å². The summed E-state index contributed by atoms with van der Waals surface area (Å²) in [5.41, 5.74) is 0. The van der Waals surface area contributed by atoms with Gasteiger partial charge in [-0.2, -0.15) is 0 Å². The van der Waals surface area contributed by atoms with E-state index in [0.29, 0.717) is 0 Å². The molecule has 0 rings (SSSR count). The van der Waals surface area contributed by atoms with E-state index in [-0.39, 0.29) is 58.0 Å². The molecule has 0 fully saturated rings. The van der Waals surface area contributed by atoms with Crippen LogP contribution < -0.4 is 56.5 Å². The van der Waals surface area contributed by atoms with Gasteiger partial charge in [-0.3, -0.25) is 0 Å². The predicted octanol–water partition coefficient (Wildman–Crippen LogP) is -4.75. The molecule has 0 heterocycles. The van der Waals surface area contributed by atoms with Crippen molar-refractivity contribution in [1.29, 1.82) is 0 Å². The fourth-order valence-corrected chi connectivity index (χ4v) is 0. The van der Waals surface area contributed by atoms with Crippen LogP contribution >= 0.6 is 0 Å². The zero-order chi connectivity index (χ0) is 7.86. The molecule has 5 nitrogen and oxygen atoms in total. The summed E-state index contributed by atoms with van der Waals surface area (Å²) in [5.74, 6) is 0. The molecule has 1 atom stereocenters. The molecular weight excluding hydrogens is 167 g/mol. The summed E-state index contributed by atoms with van der Waals surface area (Å²) >= 11 is 0. The van der Waals surface area contributed by atoms with Crippen LogP contribution in [0.3, 0.4) is 0 Å². The van der Waals surface area contributed by atoms with Crippen LogP contribution in [-0.4, -0.2) is 34.2 Å². The molecule has 3 N–H and O–H groups in total. The molecule has 0 aliphatic carbocycles. The fourth-order valence-electron chi connectivity index (χ4n) is 0. The number of aliphatic hydroxyl groups is 2. The molecule has 1 unspecified atom stereocenters. The van der Waals surface area contributed by atoms with Crippen LogP contribution in [0.1, 0.15) is 6.92 Å². The van der Waals surface area contributed by atoms with Gasteiger partial charge in [-0.25, -0.2) is 0 Å². The van der Waals surface area contributed by atoms with Crippen molar-refractivity contribution in [3.63, 3.8) is 0 Å². The van der Waals surface area contributed by atoms with E-state index in [1.54, 1.807) is 0 Å². The molecule has 0 spiro atoms. The molecule has 0 radical (unpaired) electrons.